The Morgan fingerprint density at radius 1 is 1.73 bits per heavy atom. The summed E-state index contributed by atoms with van der Waals surface area (Å²) < 4.78 is 0. The zero-order valence-electron chi connectivity index (χ0n) is 6.21. The Morgan fingerprint density at radius 3 is 3.00 bits per heavy atom. The Hall–Kier alpha value is -0.640. The molecule has 0 unspecified atom stereocenters. The average molecular weight is 172 g/mol. The molecule has 3 N–H and O–H groups in total. The zero-order valence-corrected chi connectivity index (χ0v) is 6.97. The van der Waals surface area contributed by atoms with Crippen LogP contribution in [0.4, 0.5) is 0 Å². The SMILES string of the molecule is C[C@@H](NN)c1cccnc1Cl. The predicted molar refractivity (Wildman–Crippen MR) is 45.0 cm³/mol. The number of aromatic nitrogens is 1. The van der Waals surface area contributed by atoms with E-state index in [0.717, 1.165) is 5.56 Å². The van der Waals surface area contributed by atoms with Gasteiger partial charge in [-0.1, -0.05) is 17.7 Å². The molecule has 4 heteroatoms. The van der Waals surface area contributed by atoms with Crippen molar-refractivity contribution in [1.29, 1.82) is 0 Å². The van der Waals surface area contributed by atoms with Crippen molar-refractivity contribution >= 4 is 11.6 Å². The van der Waals surface area contributed by atoms with Crippen LogP contribution in [0.1, 0.15) is 18.5 Å². The normalized spacial score (nSPS) is 13.0. The maximum atomic E-state index is 5.79. The maximum absolute atomic E-state index is 5.79. The Labute approximate surface area is 70.5 Å². The third-order valence-electron chi connectivity index (χ3n) is 1.50. The number of halogens is 1. The summed E-state index contributed by atoms with van der Waals surface area (Å²) in [5.41, 5.74) is 3.51. The molecule has 0 saturated carbocycles. The summed E-state index contributed by atoms with van der Waals surface area (Å²) in [6.07, 6.45) is 1.65. The van der Waals surface area contributed by atoms with Crippen LogP contribution in [0, 0.1) is 0 Å². The lowest BCUT2D eigenvalue weighted by atomic mass is 10.1. The van der Waals surface area contributed by atoms with Crippen molar-refractivity contribution in [3.8, 4) is 0 Å². The van der Waals surface area contributed by atoms with Gasteiger partial charge in [-0.05, 0) is 13.0 Å². The van der Waals surface area contributed by atoms with Gasteiger partial charge in [0.2, 0.25) is 0 Å². The molecule has 1 heterocycles. The van der Waals surface area contributed by atoms with Gasteiger partial charge in [-0.25, -0.2) is 4.98 Å². The van der Waals surface area contributed by atoms with Gasteiger partial charge in [0, 0.05) is 17.8 Å². The highest BCUT2D eigenvalue weighted by Crippen LogP contribution is 2.18. The molecule has 60 valence electrons. The summed E-state index contributed by atoms with van der Waals surface area (Å²) >= 11 is 5.79. The molecule has 0 fully saturated rings. The standard InChI is InChI=1S/C7H10ClN3/c1-5(11-9)6-3-2-4-10-7(6)8/h2-5,11H,9H2,1H3/t5-/m1/s1. The summed E-state index contributed by atoms with van der Waals surface area (Å²) in [5.74, 6) is 5.24. The number of nitrogens with zero attached hydrogens (tertiary/aromatic N) is 1. The molecule has 1 atom stereocenters. The molecule has 0 bridgehead atoms. The second-order valence-corrected chi connectivity index (χ2v) is 2.63. The van der Waals surface area contributed by atoms with E-state index in [0.29, 0.717) is 5.15 Å². The first-order valence-electron chi connectivity index (χ1n) is 3.32. The summed E-state index contributed by atoms with van der Waals surface area (Å²) in [6, 6.07) is 3.76. The minimum absolute atomic E-state index is 0.0381. The van der Waals surface area contributed by atoms with Crippen LogP contribution in [0.5, 0.6) is 0 Å². The van der Waals surface area contributed by atoms with E-state index in [1.165, 1.54) is 0 Å². The average Bonchev–Trinajstić information content (AvgIpc) is 2.04. The quantitative estimate of drug-likeness (QED) is 0.400. The van der Waals surface area contributed by atoms with Gasteiger partial charge in [0.15, 0.2) is 0 Å². The smallest absolute Gasteiger partial charge is 0.133 e. The van der Waals surface area contributed by atoms with Crippen LogP contribution in [-0.4, -0.2) is 4.98 Å². The second kappa shape index (κ2) is 3.67. The topological polar surface area (TPSA) is 50.9 Å². The number of rotatable bonds is 2. The largest absolute Gasteiger partial charge is 0.271 e. The van der Waals surface area contributed by atoms with Crippen LogP contribution in [0.2, 0.25) is 5.15 Å². The Morgan fingerprint density at radius 2 is 2.45 bits per heavy atom. The van der Waals surface area contributed by atoms with Crippen molar-refractivity contribution in [3.05, 3.63) is 29.0 Å². The van der Waals surface area contributed by atoms with Gasteiger partial charge >= 0.3 is 0 Å². The van der Waals surface area contributed by atoms with Gasteiger partial charge in [-0.3, -0.25) is 11.3 Å². The first kappa shape index (κ1) is 8.46. The van der Waals surface area contributed by atoms with Crippen molar-refractivity contribution in [2.24, 2.45) is 5.84 Å². The van der Waals surface area contributed by atoms with Crippen molar-refractivity contribution in [1.82, 2.24) is 10.4 Å². The first-order chi connectivity index (χ1) is 5.25. The molecule has 0 aliphatic carbocycles. The summed E-state index contributed by atoms with van der Waals surface area (Å²) in [4.78, 5) is 3.92. The van der Waals surface area contributed by atoms with Crippen LogP contribution >= 0.6 is 11.6 Å². The van der Waals surface area contributed by atoms with E-state index < -0.39 is 0 Å². The van der Waals surface area contributed by atoms with Crippen molar-refractivity contribution < 1.29 is 0 Å². The molecular weight excluding hydrogens is 162 g/mol. The van der Waals surface area contributed by atoms with E-state index >= 15 is 0 Å². The molecule has 11 heavy (non-hydrogen) atoms. The predicted octanol–water partition coefficient (Wildman–Crippen LogP) is 1.26. The Bertz CT molecular complexity index is 239. The second-order valence-electron chi connectivity index (χ2n) is 2.27. The van der Waals surface area contributed by atoms with Gasteiger partial charge < -0.3 is 0 Å². The third-order valence-corrected chi connectivity index (χ3v) is 1.82. The van der Waals surface area contributed by atoms with E-state index in [1.807, 2.05) is 19.1 Å². The molecule has 0 radical (unpaired) electrons. The molecule has 1 rings (SSSR count). The Balaban J connectivity index is 2.93. The highest BCUT2D eigenvalue weighted by Gasteiger charge is 2.06. The van der Waals surface area contributed by atoms with E-state index in [2.05, 4.69) is 10.4 Å². The van der Waals surface area contributed by atoms with Gasteiger partial charge in [0.05, 0.1) is 0 Å². The number of nitrogens with one attached hydrogen (secondary N) is 1. The number of nitrogens with two attached hydrogens (primary N) is 1. The van der Waals surface area contributed by atoms with Crippen LogP contribution in [0.15, 0.2) is 18.3 Å². The molecule has 0 aliphatic heterocycles. The molecule has 1 aromatic rings. The molecule has 0 amide bonds. The minimum atomic E-state index is 0.0381. The molecule has 0 aromatic carbocycles. The number of pyridine rings is 1. The number of hydrogen-bond acceptors (Lipinski definition) is 3. The minimum Gasteiger partial charge on any atom is -0.271 e. The zero-order chi connectivity index (χ0) is 8.27. The van der Waals surface area contributed by atoms with Gasteiger partial charge in [-0.2, -0.15) is 0 Å². The van der Waals surface area contributed by atoms with Gasteiger partial charge in [0.25, 0.3) is 0 Å². The van der Waals surface area contributed by atoms with Crippen molar-refractivity contribution in [2.45, 2.75) is 13.0 Å². The summed E-state index contributed by atoms with van der Waals surface area (Å²) in [5, 5.41) is 0.498. The van der Waals surface area contributed by atoms with Crippen molar-refractivity contribution in [2.75, 3.05) is 0 Å². The summed E-state index contributed by atoms with van der Waals surface area (Å²) in [7, 11) is 0. The molecule has 1 aromatic heterocycles. The van der Waals surface area contributed by atoms with E-state index in [1.54, 1.807) is 6.20 Å². The fourth-order valence-corrected chi connectivity index (χ4v) is 1.09. The molecular formula is C7H10ClN3. The van der Waals surface area contributed by atoms with Gasteiger partial charge in [-0.15, -0.1) is 0 Å². The van der Waals surface area contributed by atoms with E-state index in [9.17, 15) is 0 Å². The highest BCUT2D eigenvalue weighted by atomic mass is 35.5. The van der Waals surface area contributed by atoms with Crippen LogP contribution < -0.4 is 11.3 Å². The van der Waals surface area contributed by atoms with E-state index in [-0.39, 0.29) is 6.04 Å². The Kier molecular flexibility index (Phi) is 2.82. The fourth-order valence-electron chi connectivity index (χ4n) is 0.811. The van der Waals surface area contributed by atoms with Gasteiger partial charge in [0.1, 0.15) is 5.15 Å². The lowest BCUT2D eigenvalue weighted by Crippen LogP contribution is -2.25. The highest BCUT2D eigenvalue weighted by molar-refractivity contribution is 6.30. The maximum Gasteiger partial charge on any atom is 0.133 e. The molecule has 0 spiro atoms. The lowest BCUT2D eigenvalue weighted by Gasteiger charge is -2.10. The molecule has 3 nitrogen and oxygen atoms in total. The first-order valence-corrected chi connectivity index (χ1v) is 3.70. The van der Waals surface area contributed by atoms with E-state index in [4.69, 9.17) is 17.4 Å². The molecule has 0 saturated heterocycles. The lowest BCUT2D eigenvalue weighted by molar-refractivity contribution is 0.600. The molecule has 0 aliphatic rings. The summed E-state index contributed by atoms with van der Waals surface area (Å²) in [6.45, 7) is 1.92. The number of hydrazine groups is 1. The monoisotopic (exact) mass is 171 g/mol. The third kappa shape index (κ3) is 1.89. The van der Waals surface area contributed by atoms with Crippen LogP contribution in [0.25, 0.3) is 0 Å². The van der Waals surface area contributed by atoms with Crippen LogP contribution in [-0.2, 0) is 0 Å². The van der Waals surface area contributed by atoms with Crippen molar-refractivity contribution in [3.63, 3.8) is 0 Å². The van der Waals surface area contributed by atoms with Crippen LogP contribution in [0.3, 0.4) is 0 Å². The number of hydrogen-bond donors (Lipinski definition) is 2. The fraction of sp³-hybridized carbons (Fsp3) is 0.286.